The number of rotatable bonds is 6. The number of piperazine rings is 1. The average molecular weight is 431 g/mol. The van der Waals surface area contributed by atoms with Crippen LogP contribution in [0.4, 0.5) is 16.4 Å². The van der Waals surface area contributed by atoms with Crippen LogP contribution in [0.5, 0.6) is 0 Å². The van der Waals surface area contributed by atoms with Gasteiger partial charge in [-0.15, -0.1) is 0 Å². The number of unbranched alkanes of at least 4 members (excludes halogenated alkanes) is 1. The van der Waals surface area contributed by atoms with Crippen LogP contribution in [0.15, 0.2) is 41.6 Å². The molecule has 2 aromatic rings. The van der Waals surface area contributed by atoms with Gasteiger partial charge in [-0.3, -0.25) is 4.90 Å². The molecule has 1 N–H and O–H groups in total. The molecule has 30 heavy (non-hydrogen) atoms. The first-order valence-corrected chi connectivity index (χ1v) is 11.6. The van der Waals surface area contributed by atoms with Crippen molar-refractivity contribution in [1.82, 2.24) is 19.2 Å². The molecule has 0 radical (unpaired) electrons. The number of fused-ring (bicyclic) bond motifs is 1. The van der Waals surface area contributed by atoms with Crippen molar-refractivity contribution in [3.05, 3.63) is 42.2 Å². The van der Waals surface area contributed by atoms with Gasteiger partial charge < -0.3 is 10.2 Å². The van der Waals surface area contributed by atoms with E-state index in [1.54, 1.807) is 30.6 Å². The molecule has 2 amide bonds. The molecule has 0 bridgehead atoms. The lowest BCUT2D eigenvalue weighted by Crippen LogP contribution is -2.47. The molecular weight excluding hydrogens is 404 g/mol. The molecule has 1 aromatic heterocycles. The van der Waals surface area contributed by atoms with Crippen LogP contribution in [-0.2, 0) is 10.0 Å². The van der Waals surface area contributed by atoms with E-state index < -0.39 is 16.1 Å². The Labute approximate surface area is 176 Å². The normalized spacial score (nSPS) is 18.8. The molecule has 1 aromatic carbocycles. The molecule has 160 valence electrons. The number of nitrogens with zero attached hydrogens (tertiary/aromatic N) is 5. The summed E-state index contributed by atoms with van der Waals surface area (Å²) in [6.45, 7) is 6.46. The van der Waals surface area contributed by atoms with Crippen molar-refractivity contribution < 1.29 is 13.2 Å². The average Bonchev–Trinajstić information content (AvgIpc) is 2.73. The fourth-order valence-electron chi connectivity index (χ4n) is 3.81. The molecule has 0 saturated carbocycles. The van der Waals surface area contributed by atoms with E-state index in [1.165, 1.54) is 0 Å². The molecule has 2 aliphatic rings. The molecule has 1 saturated heterocycles. The molecule has 0 atom stereocenters. The molecular formula is C20H26N6O3S. The Kier molecular flexibility index (Phi) is 5.87. The molecule has 10 heteroatoms. The Morgan fingerprint density at radius 2 is 1.73 bits per heavy atom. The summed E-state index contributed by atoms with van der Waals surface area (Å²) in [5.74, 6) is 0.758. The van der Waals surface area contributed by atoms with Gasteiger partial charge in [0, 0.05) is 45.1 Å². The largest absolute Gasteiger partial charge is 0.338 e. The number of amides is 2. The van der Waals surface area contributed by atoms with Gasteiger partial charge in [-0.1, -0.05) is 6.07 Å². The van der Waals surface area contributed by atoms with Crippen molar-refractivity contribution in [3.8, 4) is 0 Å². The summed E-state index contributed by atoms with van der Waals surface area (Å²) in [5, 5.41) is 2.70. The van der Waals surface area contributed by atoms with E-state index in [0.717, 1.165) is 55.0 Å². The minimum Gasteiger partial charge on any atom is -0.338 e. The van der Waals surface area contributed by atoms with Crippen molar-refractivity contribution in [1.29, 1.82) is 0 Å². The fourth-order valence-corrected chi connectivity index (χ4v) is 5.31. The predicted molar refractivity (Wildman–Crippen MR) is 114 cm³/mol. The highest BCUT2D eigenvalue weighted by molar-refractivity contribution is 7.90. The van der Waals surface area contributed by atoms with Crippen LogP contribution < -0.4 is 10.2 Å². The van der Waals surface area contributed by atoms with Gasteiger partial charge in [-0.25, -0.2) is 27.5 Å². The van der Waals surface area contributed by atoms with Crippen LogP contribution >= 0.6 is 0 Å². The first-order valence-electron chi connectivity index (χ1n) is 10.1. The summed E-state index contributed by atoms with van der Waals surface area (Å²) in [6.07, 6.45) is 4.94. The van der Waals surface area contributed by atoms with Crippen LogP contribution in [0.1, 0.15) is 18.4 Å². The van der Waals surface area contributed by atoms with Crippen molar-refractivity contribution in [2.75, 3.05) is 49.5 Å². The van der Waals surface area contributed by atoms with E-state index in [-0.39, 0.29) is 11.4 Å². The second kappa shape index (κ2) is 8.57. The number of hydrogen-bond donors (Lipinski definition) is 1. The van der Waals surface area contributed by atoms with Gasteiger partial charge in [0.2, 0.25) is 5.95 Å². The Balaban J connectivity index is 1.26. The number of urea groups is 1. The summed E-state index contributed by atoms with van der Waals surface area (Å²) < 4.78 is 26.6. The second-order valence-corrected chi connectivity index (χ2v) is 9.42. The molecule has 4 rings (SSSR count). The third-order valence-corrected chi connectivity index (χ3v) is 7.30. The van der Waals surface area contributed by atoms with Crippen LogP contribution in [0.2, 0.25) is 0 Å². The molecule has 2 aliphatic heterocycles. The number of aromatic nitrogens is 2. The minimum atomic E-state index is -3.80. The predicted octanol–water partition coefficient (Wildman–Crippen LogP) is 1.92. The van der Waals surface area contributed by atoms with Gasteiger partial charge >= 0.3 is 6.03 Å². The molecule has 0 unspecified atom stereocenters. The molecule has 0 aliphatic carbocycles. The summed E-state index contributed by atoms with van der Waals surface area (Å²) in [4.78, 5) is 25.6. The first-order chi connectivity index (χ1) is 14.4. The van der Waals surface area contributed by atoms with E-state index in [0.29, 0.717) is 12.1 Å². The van der Waals surface area contributed by atoms with E-state index >= 15 is 0 Å². The zero-order chi connectivity index (χ0) is 21.1. The maximum Gasteiger partial charge on any atom is 0.335 e. The number of sulfonamides is 1. The second-order valence-electron chi connectivity index (χ2n) is 7.59. The number of nitrogens with one attached hydrogen (secondary N) is 1. The summed E-state index contributed by atoms with van der Waals surface area (Å²) in [5.41, 5.74) is 1.26. The van der Waals surface area contributed by atoms with Crippen molar-refractivity contribution in [2.45, 2.75) is 24.7 Å². The van der Waals surface area contributed by atoms with Gasteiger partial charge in [0.1, 0.15) is 4.90 Å². The number of anilines is 2. The van der Waals surface area contributed by atoms with Gasteiger partial charge in [0.15, 0.2) is 0 Å². The number of aryl methyl sites for hydroxylation is 1. The molecule has 0 spiro atoms. The maximum atomic E-state index is 12.8. The SMILES string of the molecule is Cc1ccc2c(c1)NC(=O)N(CCCCN1CCN(c3ncccn3)CC1)S2(=O)=O. The van der Waals surface area contributed by atoms with Crippen LogP contribution in [-0.4, -0.2) is 72.9 Å². The highest BCUT2D eigenvalue weighted by atomic mass is 32.2. The van der Waals surface area contributed by atoms with E-state index in [4.69, 9.17) is 0 Å². The van der Waals surface area contributed by atoms with Gasteiger partial charge in [0.05, 0.1) is 5.69 Å². The summed E-state index contributed by atoms with van der Waals surface area (Å²) in [7, 11) is -3.80. The quantitative estimate of drug-likeness (QED) is 0.699. The Hall–Kier alpha value is -2.72. The van der Waals surface area contributed by atoms with Crippen LogP contribution in [0.25, 0.3) is 0 Å². The van der Waals surface area contributed by atoms with Gasteiger partial charge in [-0.05, 0) is 50.1 Å². The highest BCUT2D eigenvalue weighted by Crippen LogP contribution is 2.30. The van der Waals surface area contributed by atoms with Gasteiger partial charge in [-0.2, -0.15) is 0 Å². The van der Waals surface area contributed by atoms with E-state index in [1.807, 2.05) is 13.0 Å². The molecule has 3 heterocycles. The third-order valence-electron chi connectivity index (χ3n) is 5.46. The molecule has 9 nitrogen and oxygen atoms in total. The highest BCUT2D eigenvalue weighted by Gasteiger charge is 2.36. The minimum absolute atomic E-state index is 0.159. The smallest absolute Gasteiger partial charge is 0.335 e. The lowest BCUT2D eigenvalue weighted by molar-refractivity contribution is 0.230. The van der Waals surface area contributed by atoms with Crippen LogP contribution in [0, 0.1) is 6.92 Å². The lowest BCUT2D eigenvalue weighted by Gasteiger charge is -2.34. The van der Waals surface area contributed by atoms with Crippen LogP contribution in [0.3, 0.4) is 0 Å². The van der Waals surface area contributed by atoms with Crippen molar-refractivity contribution >= 4 is 27.7 Å². The van der Waals surface area contributed by atoms with Crippen molar-refractivity contribution in [2.24, 2.45) is 0 Å². The Bertz CT molecular complexity index is 1010. The topological polar surface area (TPSA) is 98.7 Å². The number of benzene rings is 1. The molecule has 1 fully saturated rings. The monoisotopic (exact) mass is 430 g/mol. The van der Waals surface area contributed by atoms with E-state index in [2.05, 4.69) is 25.1 Å². The fraction of sp³-hybridized carbons (Fsp3) is 0.450. The number of carbonyl (C=O) groups is 1. The van der Waals surface area contributed by atoms with Gasteiger partial charge in [0.25, 0.3) is 10.0 Å². The zero-order valence-electron chi connectivity index (χ0n) is 17.0. The number of hydrogen-bond acceptors (Lipinski definition) is 7. The van der Waals surface area contributed by atoms with Crippen molar-refractivity contribution in [3.63, 3.8) is 0 Å². The summed E-state index contributed by atoms with van der Waals surface area (Å²) in [6, 6.07) is 6.21. The van der Waals surface area contributed by atoms with E-state index in [9.17, 15) is 13.2 Å². The summed E-state index contributed by atoms with van der Waals surface area (Å²) >= 11 is 0. The first kappa shape index (κ1) is 20.5. The standard InChI is InChI=1S/C20H26N6O3S/c1-16-5-6-18-17(15-16)23-20(27)26(30(18,28)29)10-3-2-9-24-11-13-25(14-12-24)19-21-7-4-8-22-19/h4-8,15H,2-3,9-14H2,1H3,(H,23,27). The Morgan fingerprint density at radius 3 is 2.47 bits per heavy atom. The third kappa shape index (κ3) is 4.24. The number of carbonyl (C=O) groups excluding carboxylic acids is 1. The Morgan fingerprint density at radius 1 is 1.03 bits per heavy atom. The lowest BCUT2D eigenvalue weighted by atomic mass is 10.2. The zero-order valence-corrected chi connectivity index (χ0v) is 17.8. The maximum absolute atomic E-state index is 12.8.